The topological polar surface area (TPSA) is 42.4 Å². The van der Waals surface area contributed by atoms with Gasteiger partial charge < -0.3 is 4.74 Å². The third kappa shape index (κ3) is 3.17. The van der Waals surface area contributed by atoms with Crippen molar-refractivity contribution in [1.29, 1.82) is 0 Å². The van der Waals surface area contributed by atoms with Crippen LogP contribution >= 0.6 is 0 Å². The van der Waals surface area contributed by atoms with Crippen LogP contribution in [0, 0.1) is 0 Å². The van der Waals surface area contributed by atoms with Crippen LogP contribution < -0.4 is 0 Å². The first-order valence-electron chi connectivity index (χ1n) is 7.18. The van der Waals surface area contributed by atoms with E-state index in [2.05, 4.69) is 9.88 Å². The highest BCUT2D eigenvalue weighted by Crippen LogP contribution is 2.25. The van der Waals surface area contributed by atoms with E-state index in [9.17, 15) is 4.79 Å². The Bertz CT molecular complexity index is 580. The first kappa shape index (κ1) is 13.9. The molecule has 0 aliphatic carbocycles. The summed E-state index contributed by atoms with van der Waals surface area (Å²) in [5, 5.41) is 0. The Hall–Kier alpha value is -2.04. The first-order valence-corrected chi connectivity index (χ1v) is 7.18. The molecule has 2 heterocycles. The van der Waals surface area contributed by atoms with Crippen molar-refractivity contribution in [1.82, 2.24) is 9.88 Å². The summed E-state index contributed by atoms with van der Waals surface area (Å²) in [5.41, 5.74) is 1.52. The fraction of sp³-hybridized carbons (Fsp3) is 0.294. The molecule has 0 spiro atoms. The maximum Gasteiger partial charge on any atom is 0.202 e. The van der Waals surface area contributed by atoms with Crippen LogP contribution in [0.2, 0.25) is 0 Å². The average molecular weight is 282 g/mol. The molecule has 0 amide bonds. The number of pyridine rings is 1. The van der Waals surface area contributed by atoms with Crippen molar-refractivity contribution in [2.45, 2.75) is 6.04 Å². The van der Waals surface area contributed by atoms with E-state index in [1.807, 2.05) is 42.5 Å². The number of rotatable bonds is 4. The zero-order valence-electron chi connectivity index (χ0n) is 11.8. The molecule has 1 aliphatic heterocycles. The number of ether oxygens (including phenoxy) is 1. The first-order chi connectivity index (χ1) is 10.4. The summed E-state index contributed by atoms with van der Waals surface area (Å²) < 4.78 is 5.40. The Kier molecular flexibility index (Phi) is 4.38. The SMILES string of the molecule is O=C(c1ccccn1)C(c1ccccc1)N1CCOCC1. The Morgan fingerprint density at radius 3 is 2.43 bits per heavy atom. The number of hydrogen-bond acceptors (Lipinski definition) is 4. The van der Waals surface area contributed by atoms with Crippen LogP contribution in [0.3, 0.4) is 0 Å². The van der Waals surface area contributed by atoms with Crippen LogP contribution in [0.4, 0.5) is 0 Å². The number of carbonyl (C=O) groups is 1. The lowest BCUT2D eigenvalue weighted by Crippen LogP contribution is -2.42. The number of aromatic nitrogens is 1. The Labute approximate surface area is 124 Å². The molecule has 1 aliphatic rings. The highest BCUT2D eigenvalue weighted by atomic mass is 16.5. The average Bonchev–Trinajstić information content (AvgIpc) is 2.58. The van der Waals surface area contributed by atoms with E-state index in [1.54, 1.807) is 12.3 Å². The van der Waals surface area contributed by atoms with Gasteiger partial charge in [-0.2, -0.15) is 0 Å². The Balaban J connectivity index is 1.94. The summed E-state index contributed by atoms with van der Waals surface area (Å²) in [6.45, 7) is 2.86. The monoisotopic (exact) mass is 282 g/mol. The molecule has 1 aromatic carbocycles. The number of carbonyl (C=O) groups excluding carboxylic acids is 1. The maximum atomic E-state index is 12.9. The van der Waals surface area contributed by atoms with Gasteiger partial charge in [0.1, 0.15) is 11.7 Å². The quantitative estimate of drug-likeness (QED) is 0.807. The molecule has 4 nitrogen and oxygen atoms in total. The molecule has 0 saturated carbocycles. The van der Waals surface area contributed by atoms with Crippen molar-refractivity contribution in [2.24, 2.45) is 0 Å². The number of morpholine rings is 1. The summed E-state index contributed by atoms with van der Waals surface area (Å²) >= 11 is 0. The predicted octanol–water partition coefficient (Wildman–Crippen LogP) is 2.34. The second-order valence-corrected chi connectivity index (χ2v) is 5.04. The van der Waals surface area contributed by atoms with Crippen LogP contribution in [0.25, 0.3) is 0 Å². The minimum absolute atomic E-state index is 0.0451. The van der Waals surface area contributed by atoms with Gasteiger partial charge >= 0.3 is 0 Å². The summed E-state index contributed by atoms with van der Waals surface area (Å²) in [6, 6.07) is 15.1. The minimum Gasteiger partial charge on any atom is -0.379 e. The molecule has 0 bridgehead atoms. The van der Waals surface area contributed by atoms with Gasteiger partial charge in [0.25, 0.3) is 0 Å². The second-order valence-electron chi connectivity index (χ2n) is 5.04. The number of ketones is 1. The van der Waals surface area contributed by atoms with Gasteiger partial charge in [-0.15, -0.1) is 0 Å². The van der Waals surface area contributed by atoms with Crippen molar-refractivity contribution in [3.63, 3.8) is 0 Å². The highest BCUT2D eigenvalue weighted by molar-refractivity contribution is 5.99. The molecular formula is C17H18N2O2. The van der Waals surface area contributed by atoms with Gasteiger partial charge in [0, 0.05) is 19.3 Å². The van der Waals surface area contributed by atoms with Gasteiger partial charge in [-0.1, -0.05) is 36.4 Å². The molecule has 108 valence electrons. The van der Waals surface area contributed by atoms with Gasteiger partial charge in [0.15, 0.2) is 0 Å². The third-order valence-corrected chi connectivity index (χ3v) is 3.69. The normalized spacial score (nSPS) is 17.3. The lowest BCUT2D eigenvalue weighted by atomic mass is 9.98. The van der Waals surface area contributed by atoms with Gasteiger partial charge in [-0.05, 0) is 17.7 Å². The van der Waals surface area contributed by atoms with E-state index >= 15 is 0 Å². The molecular weight excluding hydrogens is 264 g/mol. The molecule has 21 heavy (non-hydrogen) atoms. The Morgan fingerprint density at radius 2 is 1.76 bits per heavy atom. The number of benzene rings is 1. The van der Waals surface area contributed by atoms with Crippen molar-refractivity contribution >= 4 is 5.78 Å². The summed E-state index contributed by atoms with van der Waals surface area (Å²) in [7, 11) is 0. The summed E-state index contributed by atoms with van der Waals surface area (Å²) in [4.78, 5) is 19.3. The van der Waals surface area contributed by atoms with Crippen molar-refractivity contribution < 1.29 is 9.53 Å². The molecule has 2 aromatic rings. The predicted molar refractivity (Wildman–Crippen MR) is 80.1 cm³/mol. The van der Waals surface area contributed by atoms with Gasteiger partial charge in [0.2, 0.25) is 5.78 Å². The zero-order valence-corrected chi connectivity index (χ0v) is 11.8. The maximum absolute atomic E-state index is 12.9. The smallest absolute Gasteiger partial charge is 0.202 e. The van der Waals surface area contributed by atoms with Gasteiger partial charge in [-0.25, -0.2) is 0 Å². The molecule has 0 N–H and O–H groups in total. The van der Waals surface area contributed by atoms with E-state index in [0.29, 0.717) is 18.9 Å². The van der Waals surface area contributed by atoms with Crippen molar-refractivity contribution in [3.8, 4) is 0 Å². The third-order valence-electron chi connectivity index (χ3n) is 3.69. The highest BCUT2D eigenvalue weighted by Gasteiger charge is 2.30. The van der Waals surface area contributed by atoms with Crippen molar-refractivity contribution in [3.05, 3.63) is 66.0 Å². The fourth-order valence-electron chi connectivity index (χ4n) is 2.65. The van der Waals surface area contributed by atoms with Gasteiger partial charge in [0.05, 0.1) is 13.2 Å². The van der Waals surface area contributed by atoms with E-state index in [4.69, 9.17) is 4.74 Å². The molecule has 1 aromatic heterocycles. The molecule has 1 atom stereocenters. The number of nitrogens with zero attached hydrogens (tertiary/aromatic N) is 2. The largest absolute Gasteiger partial charge is 0.379 e. The molecule has 1 fully saturated rings. The van der Waals surface area contributed by atoms with Crippen LogP contribution in [-0.4, -0.2) is 42.0 Å². The van der Waals surface area contributed by atoms with Crippen LogP contribution in [-0.2, 0) is 4.74 Å². The lowest BCUT2D eigenvalue weighted by molar-refractivity contribution is 0.0171. The van der Waals surface area contributed by atoms with E-state index in [0.717, 1.165) is 18.7 Å². The van der Waals surface area contributed by atoms with Gasteiger partial charge in [-0.3, -0.25) is 14.7 Å². The van der Waals surface area contributed by atoms with Crippen LogP contribution in [0.15, 0.2) is 54.7 Å². The summed E-state index contributed by atoms with van der Waals surface area (Å²) in [5.74, 6) is 0.0451. The van der Waals surface area contributed by atoms with E-state index in [1.165, 1.54) is 0 Å². The minimum atomic E-state index is -0.287. The fourth-order valence-corrected chi connectivity index (χ4v) is 2.65. The molecule has 3 rings (SSSR count). The van der Waals surface area contributed by atoms with E-state index < -0.39 is 0 Å². The van der Waals surface area contributed by atoms with Crippen molar-refractivity contribution in [2.75, 3.05) is 26.3 Å². The molecule has 1 saturated heterocycles. The molecule has 4 heteroatoms. The molecule has 0 radical (unpaired) electrons. The van der Waals surface area contributed by atoms with Crippen LogP contribution in [0.5, 0.6) is 0 Å². The number of Topliss-reactive ketones (excluding diaryl/α,β-unsaturated/α-hetero) is 1. The standard InChI is InChI=1S/C17H18N2O2/c20-17(15-8-4-5-9-18-15)16(14-6-2-1-3-7-14)19-10-12-21-13-11-19/h1-9,16H,10-13H2. The zero-order chi connectivity index (χ0) is 14.5. The Morgan fingerprint density at radius 1 is 1.05 bits per heavy atom. The van der Waals surface area contributed by atoms with E-state index in [-0.39, 0.29) is 11.8 Å². The number of hydrogen-bond donors (Lipinski definition) is 0. The summed E-state index contributed by atoms with van der Waals surface area (Å²) in [6.07, 6.45) is 1.66. The second kappa shape index (κ2) is 6.61. The molecule has 1 unspecified atom stereocenters. The van der Waals surface area contributed by atoms with Crippen LogP contribution in [0.1, 0.15) is 22.1 Å². The lowest BCUT2D eigenvalue weighted by Gasteiger charge is -2.33.